The highest BCUT2D eigenvalue weighted by Crippen LogP contribution is 2.25. The van der Waals surface area contributed by atoms with Crippen molar-refractivity contribution in [3.05, 3.63) is 46.1 Å². The molecule has 19 heavy (non-hydrogen) atoms. The first-order valence-electron chi connectivity index (χ1n) is 6.90. The van der Waals surface area contributed by atoms with Crippen LogP contribution in [0.3, 0.4) is 0 Å². The Morgan fingerprint density at radius 3 is 2.63 bits per heavy atom. The Labute approximate surface area is 129 Å². The van der Waals surface area contributed by atoms with Crippen molar-refractivity contribution < 1.29 is 4.79 Å². The van der Waals surface area contributed by atoms with Crippen molar-refractivity contribution in [1.29, 1.82) is 0 Å². The van der Waals surface area contributed by atoms with E-state index >= 15 is 0 Å². The topological polar surface area (TPSA) is 20.3 Å². The fourth-order valence-corrected chi connectivity index (χ4v) is 3.34. The molecule has 1 aliphatic carbocycles. The van der Waals surface area contributed by atoms with Crippen molar-refractivity contribution in [3.63, 3.8) is 0 Å². The quantitative estimate of drug-likeness (QED) is 0.574. The van der Waals surface area contributed by atoms with Crippen LogP contribution in [0.25, 0.3) is 0 Å². The predicted molar refractivity (Wildman–Crippen MR) is 87.3 cm³/mol. The molecule has 1 saturated carbocycles. The van der Waals surface area contributed by atoms with Gasteiger partial charge in [0.05, 0.1) is 5.56 Å². The lowest BCUT2D eigenvalue weighted by molar-refractivity contribution is 0.0662. The summed E-state index contributed by atoms with van der Waals surface area (Å²) in [5.74, 6) is 0.150. The molecule has 0 saturated heterocycles. The van der Waals surface area contributed by atoms with Crippen molar-refractivity contribution in [2.24, 2.45) is 0 Å². The number of benzene rings is 1. The van der Waals surface area contributed by atoms with Crippen LogP contribution in [-0.2, 0) is 0 Å². The average Bonchev–Trinajstić information content (AvgIpc) is 2.45. The van der Waals surface area contributed by atoms with Crippen LogP contribution < -0.4 is 0 Å². The van der Waals surface area contributed by atoms with Crippen molar-refractivity contribution in [3.8, 4) is 0 Å². The van der Waals surface area contributed by atoms with Crippen LogP contribution in [0, 0.1) is 3.57 Å². The van der Waals surface area contributed by atoms with Gasteiger partial charge in [-0.25, -0.2) is 0 Å². The van der Waals surface area contributed by atoms with Crippen molar-refractivity contribution in [2.45, 2.75) is 38.1 Å². The molecule has 0 aliphatic heterocycles. The van der Waals surface area contributed by atoms with Crippen LogP contribution >= 0.6 is 22.6 Å². The number of carbonyl (C=O) groups is 1. The average molecular weight is 369 g/mol. The van der Waals surface area contributed by atoms with E-state index in [1.54, 1.807) is 0 Å². The van der Waals surface area contributed by atoms with Gasteiger partial charge in [-0.3, -0.25) is 4.79 Å². The van der Waals surface area contributed by atoms with E-state index in [-0.39, 0.29) is 5.91 Å². The normalized spacial score (nSPS) is 16.1. The number of hydrogen-bond acceptors (Lipinski definition) is 1. The second-order valence-electron chi connectivity index (χ2n) is 5.02. The molecule has 2 nitrogen and oxygen atoms in total. The Morgan fingerprint density at radius 1 is 1.32 bits per heavy atom. The molecule has 102 valence electrons. The van der Waals surface area contributed by atoms with E-state index in [4.69, 9.17) is 0 Å². The van der Waals surface area contributed by atoms with Gasteiger partial charge in [-0.2, -0.15) is 0 Å². The smallest absolute Gasteiger partial charge is 0.255 e. The molecule has 1 aliphatic rings. The van der Waals surface area contributed by atoms with Crippen LogP contribution in [0.5, 0.6) is 0 Å². The predicted octanol–water partition coefficient (Wildman–Crippen LogP) is 4.25. The SMILES string of the molecule is C=CCN(C(=O)c1ccccc1I)C1CCCCC1. The monoisotopic (exact) mass is 369 g/mol. The molecule has 0 atom stereocenters. The van der Waals surface area contributed by atoms with E-state index in [0.717, 1.165) is 22.0 Å². The highest BCUT2D eigenvalue weighted by Gasteiger charge is 2.26. The number of carbonyl (C=O) groups excluding carboxylic acids is 1. The van der Waals surface area contributed by atoms with Crippen molar-refractivity contribution >= 4 is 28.5 Å². The summed E-state index contributed by atoms with van der Waals surface area (Å²) in [6, 6.07) is 8.19. The molecule has 1 aromatic carbocycles. The molecule has 0 radical (unpaired) electrons. The molecule has 0 aromatic heterocycles. The van der Waals surface area contributed by atoms with E-state index in [9.17, 15) is 4.79 Å². The zero-order valence-corrected chi connectivity index (χ0v) is 13.3. The van der Waals surface area contributed by atoms with E-state index in [2.05, 4.69) is 29.2 Å². The highest BCUT2D eigenvalue weighted by molar-refractivity contribution is 14.1. The summed E-state index contributed by atoms with van der Waals surface area (Å²) in [7, 11) is 0. The summed E-state index contributed by atoms with van der Waals surface area (Å²) >= 11 is 2.23. The molecular formula is C16H20INO. The number of hydrogen-bond donors (Lipinski definition) is 0. The number of amides is 1. The van der Waals surface area contributed by atoms with Gasteiger partial charge in [0.25, 0.3) is 5.91 Å². The molecule has 2 rings (SSSR count). The maximum atomic E-state index is 12.7. The van der Waals surface area contributed by atoms with Gasteiger partial charge in [-0.15, -0.1) is 6.58 Å². The van der Waals surface area contributed by atoms with Gasteiger partial charge in [0.15, 0.2) is 0 Å². The number of halogens is 1. The lowest BCUT2D eigenvalue weighted by Gasteiger charge is -2.34. The second kappa shape index (κ2) is 7.08. The number of rotatable bonds is 4. The summed E-state index contributed by atoms with van der Waals surface area (Å²) in [5.41, 5.74) is 0.815. The summed E-state index contributed by atoms with van der Waals surface area (Å²) in [6.45, 7) is 4.45. The van der Waals surface area contributed by atoms with Crippen LogP contribution in [0.4, 0.5) is 0 Å². The molecule has 0 spiro atoms. The maximum Gasteiger partial charge on any atom is 0.255 e. The lowest BCUT2D eigenvalue weighted by atomic mass is 9.93. The molecule has 0 heterocycles. The summed E-state index contributed by atoms with van der Waals surface area (Å²) < 4.78 is 1.02. The standard InChI is InChI=1S/C16H20INO/c1-2-12-18(13-8-4-3-5-9-13)16(19)14-10-6-7-11-15(14)17/h2,6-7,10-11,13H,1,3-5,8-9,12H2. The van der Waals surface area contributed by atoms with Crippen LogP contribution in [0.2, 0.25) is 0 Å². The van der Waals surface area contributed by atoms with Crippen LogP contribution in [0.1, 0.15) is 42.5 Å². The van der Waals surface area contributed by atoms with E-state index in [1.165, 1.54) is 19.3 Å². The first-order chi connectivity index (χ1) is 9.24. The van der Waals surface area contributed by atoms with Gasteiger partial charge in [0, 0.05) is 16.2 Å². The van der Waals surface area contributed by atoms with Gasteiger partial charge < -0.3 is 4.90 Å². The van der Waals surface area contributed by atoms with E-state index in [1.807, 2.05) is 35.2 Å². The third kappa shape index (κ3) is 3.59. The first kappa shape index (κ1) is 14.6. The minimum Gasteiger partial charge on any atom is -0.332 e. The Hall–Kier alpha value is -0.840. The minimum absolute atomic E-state index is 0.150. The molecule has 1 fully saturated rings. The summed E-state index contributed by atoms with van der Waals surface area (Å²) in [5, 5.41) is 0. The third-order valence-electron chi connectivity index (χ3n) is 3.71. The fourth-order valence-electron chi connectivity index (χ4n) is 2.72. The fraction of sp³-hybridized carbons (Fsp3) is 0.438. The van der Waals surface area contributed by atoms with Crippen molar-refractivity contribution in [2.75, 3.05) is 6.54 Å². The van der Waals surface area contributed by atoms with E-state index < -0.39 is 0 Å². The lowest BCUT2D eigenvalue weighted by Crippen LogP contribution is -2.41. The molecule has 0 N–H and O–H groups in total. The Kier molecular flexibility index (Phi) is 5.43. The Balaban J connectivity index is 2.20. The molecular weight excluding hydrogens is 349 g/mol. The first-order valence-corrected chi connectivity index (χ1v) is 7.98. The molecule has 1 aromatic rings. The minimum atomic E-state index is 0.150. The number of nitrogens with zero attached hydrogens (tertiary/aromatic N) is 1. The third-order valence-corrected chi connectivity index (χ3v) is 4.65. The summed E-state index contributed by atoms with van der Waals surface area (Å²) in [6.07, 6.45) is 7.86. The van der Waals surface area contributed by atoms with Gasteiger partial charge in [0.1, 0.15) is 0 Å². The van der Waals surface area contributed by atoms with Gasteiger partial charge >= 0.3 is 0 Å². The zero-order chi connectivity index (χ0) is 13.7. The molecule has 1 amide bonds. The zero-order valence-electron chi connectivity index (χ0n) is 11.1. The van der Waals surface area contributed by atoms with E-state index in [0.29, 0.717) is 12.6 Å². The Morgan fingerprint density at radius 2 is 2.00 bits per heavy atom. The molecule has 0 unspecified atom stereocenters. The van der Waals surface area contributed by atoms with Crippen molar-refractivity contribution in [1.82, 2.24) is 4.90 Å². The van der Waals surface area contributed by atoms with Gasteiger partial charge in [-0.1, -0.05) is 37.5 Å². The largest absolute Gasteiger partial charge is 0.332 e. The molecule has 0 bridgehead atoms. The van der Waals surface area contributed by atoms with Gasteiger partial charge in [-0.05, 0) is 47.6 Å². The molecule has 3 heteroatoms. The highest BCUT2D eigenvalue weighted by atomic mass is 127. The maximum absolute atomic E-state index is 12.7. The van der Waals surface area contributed by atoms with Crippen LogP contribution in [0.15, 0.2) is 36.9 Å². The van der Waals surface area contributed by atoms with Crippen LogP contribution in [-0.4, -0.2) is 23.4 Å². The second-order valence-corrected chi connectivity index (χ2v) is 6.18. The summed E-state index contributed by atoms with van der Waals surface area (Å²) in [4.78, 5) is 14.7. The van der Waals surface area contributed by atoms with Gasteiger partial charge in [0.2, 0.25) is 0 Å². The Bertz CT molecular complexity index is 452.